The zero-order valence-electron chi connectivity index (χ0n) is 13.3. The van der Waals surface area contributed by atoms with E-state index < -0.39 is 0 Å². The number of para-hydroxylation sites is 1. The van der Waals surface area contributed by atoms with Crippen LogP contribution in [0.5, 0.6) is 0 Å². The fourth-order valence-corrected chi connectivity index (χ4v) is 3.87. The Hall–Kier alpha value is -1.94. The number of anilines is 1. The molecule has 2 aromatic rings. The van der Waals surface area contributed by atoms with Crippen molar-refractivity contribution in [1.82, 2.24) is 0 Å². The SMILES string of the molecule is Cc1ccccc1C1CC(Nc2ccccc2SCC(N)=O)C1. The lowest BCUT2D eigenvalue weighted by atomic mass is 9.74. The van der Waals surface area contributed by atoms with Gasteiger partial charge in [0.15, 0.2) is 0 Å². The van der Waals surface area contributed by atoms with Crippen LogP contribution in [-0.4, -0.2) is 17.7 Å². The minimum Gasteiger partial charge on any atom is -0.381 e. The maximum atomic E-state index is 11.0. The van der Waals surface area contributed by atoms with Crippen molar-refractivity contribution in [2.24, 2.45) is 5.73 Å². The monoisotopic (exact) mass is 326 g/mol. The number of amides is 1. The average molecular weight is 326 g/mol. The molecule has 4 heteroatoms. The summed E-state index contributed by atoms with van der Waals surface area (Å²) in [6.45, 7) is 2.19. The van der Waals surface area contributed by atoms with Crippen molar-refractivity contribution in [3.8, 4) is 0 Å². The second-order valence-electron chi connectivity index (χ2n) is 6.12. The topological polar surface area (TPSA) is 55.1 Å². The number of primary amides is 1. The number of rotatable bonds is 6. The van der Waals surface area contributed by atoms with Gasteiger partial charge >= 0.3 is 0 Å². The lowest BCUT2D eigenvalue weighted by molar-refractivity contribution is -0.115. The van der Waals surface area contributed by atoms with E-state index in [1.54, 1.807) is 0 Å². The van der Waals surface area contributed by atoms with Crippen LogP contribution in [0.3, 0.4) is 0 Å². The van der Waals surface area contributed by atoms with Crippen molar-refractivity contribution >= 4 is 23.4 Å². The van der Waals surface area contributed by atoms with Crippen LogP contribution >= 0.6 is 11.8 Å². The van der Waals surface area contributed by atoms with E-state index in [2.05, 4.69) is 42.6 Å². The number of carbonyl (C=O) groups is 1. The van der Waals surface area contributed by atoms with Crippen LogP contribution in [0, 0.1) is 6.92 Å². The van der Waals surface area contributed by atoms with E-state index in [0.29, 0.717) is 17.7 Å². The summed E-state index contributed by atoms with van der Waals surface area (Å²) in [4.78, 5) is 12.1. The Morgan fingerprint density at radius 1 is 1.17 bits per heavy atom. The third-order valence-electron chi connectivity index (χ3n) is 4.38. The van der Waals surface area contributed by atoms with Crippen molar-refractivity contribution in [3.05, 3.63) is 59.7 Å². The molecule has 3 nitrogen and oxygen atoms in total. The normalized spacial score (nSPS) is 19.9. The number of nitrogens with one attached hydrogen (secondary N) is 1. The van der Waals surface area contributed by atoms with Crippen LogP contribution in [0.2, 0.25) is 0 Å². The lowest BCUT2D eigenvalue weighted by Gasteiger charge is -2.38. The second kappa shape index (κ2) is 7.09. The van der Waals surface area contributed by atoms with Crippen LogP contribution in [0.4, 0.5) is 5.69 Å². The van der Waals surface area contributed by atoms with Crippen molar-refractivity contribution in [2.75, 3.05) is 11.1 Å². The maximum absolute atomic E-state index is 11.0. The molecule has 0 aromatic heterocycles. The summed E-state index contributed by atoms with van der Waals surface area (Å²) in [5, 5.41) is 3.62. The molecular formula is C19H22N2OS. The van der Waals surface area contributed by atoms with Gasteiger partial charge in [0.1, 0.15) is 0 Å². The van der Waals surface area contributed by atoms with Gasteiger partial charge in [-0.15, -0.1) is 11.8 Å². The largest absolute Gasteiger partial charge is 0.381 e. The predicted molar refractivity (Wildman–Crippen MR) is 96.9 cm³/mol. The molecule has 1 aliphatic rings. The highest BCUT2D eigenvalue weighted by Gasteiger charge is 2.31. The van der Waals surface area contributed by atoms with E-state index in [1.165, 1.54) is 22.9 Å². The van der Waals surface area contributed by atoms with Crippen molar-refractivity contribution in [1.29, 1.82) is 0 Å². The Bertz CT molecular complexity index is 695. The number of carbonyl (C=O) groups excluding carboxylic acids is 1. The summed E-state index contributed by atoms with van der Waals surface area (Å²) in [6.07, 6.45) is 2.30. The smallest absolute Gasteiger partial charge is 0.227 e. The summed E-state index contributed by atoms with van der Waals surface area (Å²) in [5.41, 5.74) is 9.21. The first-order valence-corrected chi connectivity index (χ1v) is 8.94. The van der Waals surface area contributed by atoms with E-state index in [9.17, 15) is 4.79 Å². The molecule has 0 spiro atoms. The average Bonchev–Trinajstić information content (AvgIpc) is 2.50. The molecule has 1 amide bonds. The molecule has 0 saturated heterocycles. The highest BCUT2D eigenvalue weighted by atomic mass is 32.2. The predicted octanol–water partition coefficient (Wildman–Crippen LogP) is 3.93. The Morgan fingerprint density at radius 2 is 1.87 bits per heavy atom. The summed E-state index contributed by atoms with van der Waals surface area (Å²) < 4.78 is 0. The van der Waals surface area contributed by atoms with Gasteiger partial charge in [-0.2, -0.15) is 0 Å². The molecule has 0 atom stereocenters. The molecule has 0 radical (unpaired) electrons. The van der Waals surface area contributed by atoms with Crippen molar-refractivity contribution in [3.63, 3.8) is 0 Å². The van der Waals surface area contributed by atoms with E-state index in [0.717, 1.165) is 23.4 Å². The first-order chi connectivity index (χ1) is 11.1. The Labute approximate surface area is 141 Å². The van der Waals surface area contributed by atoms with E-state index in [1.807, 2.05) is 18.2 Å². The first kappa shape index (κ1) is 15.9. The van der Waals surface area contributed by atoms with Gasteiger partial charge in [0.25, 0.3) is 0 Å². The van der Waals surface area contributed by atoms with Gasteiger partial charge in [-0.25, -0.2) is 0 Å². The molecule has 1 fully saturated rings. The second-order valence-corrected chi connectivity index (χ2v) is 7.13. The first-order valence-electron chi connectivity index (χ1n) is 7.95. The highest BCUT2D eigenvalue weighted by Crippen LogP contribution is 2.40. The molecule has 1 aliphatic carbocycles. The molecule has 1 saturated carbocycles. The third-order valence-corrected chi connectivity index (χ3v) is 5.48. The van der Waals surface area contributed by atoms with Gasteiger partial charge < -0.3 is 11.1 Å². The van der Waals surface area contributed by atoms with Crippen LogP contribution in [0.25, 0.3) is 0 Å². The zero-order chi connectivity index (χ0) is 16.2. The van der Waals surface area contributed by atoms with Gasteiger partial charge in [-0.05, 0) is 48.9 Å². The summed E-state index contributed by atoms with van der Waals surface area (Å²) in [6, 6.07) is 17.3. The van der Waals surface area contributed by atoms with Gasteiger partial charge in [0.05, 0.1) is 5.75 Å². The van der Waals surface area contributed by atoms with Crippen molar-refractivity contribution < 1.29 is 4.79 Å². The van der Waals surface area contributed by atoms with Gasteiger partial charge in [-0.1, -0.05) is 36.4 Å². The highest BCUT2D eigenvalue weighted by molar-refractivity contribution is 8.00. The number of thioether (sulfide) groups is 1. The molecule has 120 valence electrons. The summed E-state index contributed by atoms with van der Waals surface area (Å²) in [5.74, 6) is 0.682. The van der Waals surface area contributed by atoms with Gasteiger partial charge in [-0.3, -0.25) is 4.79 Å². The molecule has 0 unspecified atom stereocenters. The lowest BCUT2D eigenvalue weighted by Crippen LogP contribution is -2.34. The zero-order valence-corrected chi connectivity index (χ0v) is 14.1. The number of hydrogen-bond donors (Lipinski definition) is 2. The Kier molecular flexibility index (Phi) is 4.91. The number of hydrogen-bond acceptors (Lipinski definition) is 3. The van der Waals surface area contributed by atoms with Crippen LogP contribution < -0.4 is 11.1 Å². The fourth-order valence-electron chi connectivity index (χ4n) is 3.12. The minimum absolute atomic E-state index is 0.284. The van der Waals surface area contributed by atoms with Gasteiger partial charge in [0, 0.05) is 16.6 Å². The number of nitrogens with two attached hydrogens (primary N) is 1. The van der Waals surface area contributed by atoms with E-state index >= 15 is 0 Å². The quantitative estimate of drug-likeness (QED) is 0.791. The number of aryl methyl sites for hydroxylation is 1. The third kappa shape index (κ3) is 3.88. The van der Waals surface area contributed by atoms with Crippen LogP contribution in [0.1, 0.15) is 29.9 Å². The molecule has 2 aromatic carbocycles. The van der Waals surface area contributed by atoms with Crippen molar-refractivity contribution in [2.45, 2.75) is 36.6 Å². The van der Waals surface area contributed by atoms with Crippen LogP contribution in [-0.2, 0) is 4.79 Å². The molecule has 3 rings (SSSR count). The molecule has 0 aliphatic heterocycles. The molecule has 0 bridgehead atoms. The molecular weight excluding hydrogens is 304 g/mol. The van der Waals surface area contributed by atoms with Crippen LogP contribution in [0.15, 0.2) is 53.4 Å². The Balaban J connectivity index is 1.60. The number of benzene rings is 2. The molecule has 0 heterocycles. The standard InChI is InChI=1S/C19H22N2OS/c1-13-6-2-3-7-16(13)14-10-15(11-14)21-17-8-4-5-9-18(17)23-12-19(20)22/h2-9,14-15,21H,10-12H2,1H3,(H2,20,22). The molecule has 3 N–H and O–H groups in total. The Morgan fingerprint density at radius 3 is 2.61 bits per heavy atom. The van der Waals surface area contributed by atoms with E-state index in [-0.39, 0.29) is 5.91 Å². The molecule has 23 heavy (non-hydrogen) atoms. The minimum atomic E-state index is -0.284. The van der Waals surface area contributed by atoms with E-state index in [4.69, 9.17) is 5.73 Å². The fraction of sp³-hybridized carbons (Fsp3) is 0.316. The maximum Gasteiger partial charge on any atom is 0.227 e. The van der Waals surface area contributed by atoms with Gasteiger partial charge in [0.2, 0.25) is 5.91 Å². The summed E-state index contributed by atoms with van der Waals surface area (Å²) in [7, 11) is 0. The summed E-state index contributed by atoms with van der Waals surface area (Å²) >= 11 is 1.49.